The van der Waals surface area contributed by atoms with Crippen LogP contribution in [0.5, 0.6) is 0 Å². The molecule has 3 N–H and O–H groups in total. The van der Waals surface area contributed by atoms with Crippen molar-refractivity contribution < 1.29 is 4.79 Å². The summed E-state index contributed by atoms with van der Waals surface area (Å²) in [6.07, 6.45) is 0.946. The van der Waals surface area contributed by atoms with E-state index in [1.807, 2.05) is 25.5 Å². The summed E-state index contributed by atoms with van der Waals surface area (Å²) >= 11 is 0. The number of amides is 1. The van der Waals surface area contributed by atoms with Crippen LogP contribution < -0.4 is 16.0 Å². The molecule has 24 heavy (non-hydrogen) atoms. The Kier molecular flexibility index (Phi) is 9.95. The van der Waals surface area contributed by atoms with Gasteiger partial charge < -0.3 is 16.0 Å². The van der Waals surface area contributed by atoms with Crippen LogP contribution in [0.15, 0.2) is 11.1 Å². The maximum atomic E-state index is 11.8. The highest BCUT2D eigenvalue weighted by atomic mass is 127. The predicted molar refractivity (Wildman–Crippen MR) is 109 cm³/mol. The van der Waals surface area contributed by atoms with Crippen molar-refractivity contribution in [3.8, 4) is 0 Å². The van der Waals surface area contributed by atoms with Gasteiger partial charge in [0.2, 0.25) is 5.91 Å². The highest BCUT2D eigenvalue weighted by Gasteiger charge is 2.26. The number of aromatic nitrogens is 2. The number of rotatable bonds is 7. The van der Waals surface area contributed by atoms with Crippen molar-refractivity contribution in [3.05, 3.63) is 17.5 Å². The molecule has 0 aliphatic carbocycles. The zero-order chi connectivity index (χ0) is 17.5. The monoisotopic (exact) mass is 450 g/mol. The summed E-state index contributed by atoms with van der Waals surface area (Å²) in [6, 6.07) is 2.08. The van der Waals surface area contributed by atoms with E-state index in [2.05, 4.69) is 39.0 Å². The molecule has 0 fully saturated rings. The van der Waals surface area contributed by atoms with Gasteiger partial charge in [0.1, 0.15) is 0 Å². The molecular weight excluding hydrogens is 419 g/mol. The number of nitrogens with one attached hydrogen (secondary N) is 3. The third-order valence-electron chi connectivity index (χ3n) is 3.71. The molecule has 8 heteroatoms. The van der Waals surface area contributed by atoms with Crippen LogP contribution in [-0.4, -0.2) is 48.8 Å². The Morgan fingerprint density at radius 3 is 2.50 bits per heavy atom. The van der Waals surface area contributed by atoms with E-state index in [9.17, 15) is 4.79 Å². The first kappa shape index (κ1) is 22.7. The number of carbonyl (C=O) groups excluding carboxylic acids is 1. The quantitative estimate of drug-likeness (QED) is 0.254. The van der Waals surface area contributed by atoms with Crippen LogP contribution in [0.25, 0.3) is 0 Å². The highest BCUT2D eigenvalue weighted by Crippen LogP contribution is 2.12. The summed E-state index contributed by atoms with van der Waals surface area (Å²) in [5, 5.41) is 13.6. The molecule has 0 radical (unpaired) electrons. The molecule has 0 aromatic carbocycles. The number of nitrogens with zero attached hydrogens (tertiary/aromatic N) is 3. The van der Waals surface area contributed by atoms with E-state index in [1.54, 1.807) is 14.1 Å². The van der Waals surface area contributed by atoms with Gasteiger partial charge in [0.15, 0.2) is 5.96 Å². The van der Waals surface area contributed by atoms with E-state index in [0.717, 1.165) is 25.2 Å². The van der Waals surface area contributed by atoms with Gasteiger partial charge in [-0.05, 0) is 40.2 Å². The lowest BCUT2D eigenvalue weighted by molar-refractivity contribution is -0.128. The largest absolute Gasteiger partial charge is 0.359 e. The zero-order valence-electron chi connectivity index (χ0n) is 15.6. The minimum Gasteiger partial charge on any atom is -0.359 e. The number of hydrogen-bond donors (Lipinski definition) is 3. The van der Waals surface area contributed by atoms with Crippen molar-refractivity contribution in [2.75, 3.05) is 27.2 Å². The first-order chi connectivity index (χ1) is 10.8. The van der Waals surface area contributed by atoms with E-state index < -0.39 is 5.41 Å². The van der Waals surface area contributed by atoms with Crippen LogP contribution in [0.3, 0.4) is 0 Å². The predicted octanol–water partition coefficient (Wildman–Crippen LogP) is 1.45. The average molecular weight is 450 g/mol. The molecule has 0 bridgehead atoms. The van der Waals surface area contributed by atoms with E-state index in [1.165, 1.54) is 5.69 Å². The topological polar surface area (TPSA) is 83.3 Å². The number of aliphatic imine (C=N–C) groups is 1. The Bertz CT molecular complexity index is 553. The first-order valence-electron chi connectivity index (χ1n) is 7.98. The zero-order valence-corrected chi connectivity index (χ0v) is 17.9. The fourth-order valence-corrected chi connectivity index (χ4v) is 2.28. The van der Waals surface area contributed by atoms with E-state index in [-0.39, 0.29) is 29.9 Å². The molecule has 0 aliphatic heterocycles. The van der Waals surface area contributed by atoms with Crippen LogP contribution in [0.2, 0.25) is 0 Å². The summed E-state index contributed by atoms with van der Waals surface area (Å²) < 4.78 is 2.02. The van der Waals surface area contributed by atoms with Crippen LogP contribution in [-0.2, 0) is 11.3 Å². The molecule has 1 aromatic rings. The summed E-state index contributed by atoms with van der Waals surface area (Å²) in [5.41, 5.74) is 1.73. The Balaban J connectivity index is 0.00000529. The van der Waals surface area contributed by atoms with Gasteiger partial charge in [0.25, 0.3) is 0 Å². The molecule has 0 saturated heterocycles. The molecule has 1 aromatic heterocycles. The Hall–Kier alpha value is -1.32. The minimum absolute atomic E-state index is 0. The second kappa shape index (κ2) is 10.5. The second-order valence-electron chi connectivity index (χ2n) is 6.32. The molecule has 0 spiro atoms. The molecule has 0 aliphatic rings. The molecular formula is C16H31IN6O. The van der Waals surface area contributed by atoms with Gasteiger partial charge in [-0.1, -0.05) is 0 Å². The van der Waals surface area contributed by atoms with Gasteiger partial charge in [-0.2, -0.15) is 5.10 Å². The molecule has 1 amide bonds. The number of guanidine groups is 1. The van der Waals surface area contributed by atoms with Crippen LogP contribution >= 0.6 is 24.0 Å². The Labute approximate surface area is 162 Å². The molecule has 1 rings (SSSR count). The third-order valence-corrected chi connectivity index (χ3v) is 3.71. The number of aryl methyl sites for hydroxylation is 3. The van der Waals surface area contributed by atoms with Crippen molar-refractivity contribution in [1.29, 1.82) is 0 Å². The van der Waals surface area contributed by atoms with Gasteiger partial charge in [-0.25, -0.2) is 0 Å². The van der Waals surface area contributed by atoms with Crippen molar-refractivity contribution in [3.63, 3.8) is 0 Å². The lowest BCUT2D eigenvalue weighted by Crippen LogP contribution is -2.47. The fourth-order valence-electron chi connectivity index (χ4n) is 2.28. The number of carbonyl (C=O) groups is 1. The van der Waals surface area contributed by atoms with Crippen molar-refractivity contribution in [1.82, 2.24) is 25.7 Å². The van der Waals surface area contributed by atoms with Crippen LogP contribution in [0, 0.1) is 19.3 Å². The van der Waals surface area contributed by atoms with Crippen molar-refractivity contribution in [2.45, 2.75) is 40.7 Å². The smallest absolute Gasteiger partial charge is 0.227 e. The standard InChI is InChI=1S/C16H30N6O.HI/c1-12-10-13(2)22(21-12)9-7-8-19-15(18-6)20-11-16(3,4)14(23)17-5;/h10H,7-9,11H2,1-6H3,(H,17,23)(H2,18,19,20);1H. The summed E-state index contributed by atoms with van der Waals surface area (Å²) in [4.78, 5) is 15.9. The van der Waals surface area contributed by atoms with Gasteiger partial charge >= 0.3 is 0 Å². The fraction of sp³-hybridized carbons (Fsp3) is 0.688. The maximum Gasteiger partial charge on any atom is 0.227 e. The SMILES string of the molecule is CN=C(NCCCn1nc(C)cc1C)NCC(C)(C)C(=O)NC.I. The summed E-state index contributed by atoms with van der Waals surface area (Å²) in [6.45, 7) is 10.0. The minimum atomic E-state index is -0.490. The van der Waals surface area contributed by atoms with Gasteiger partial charge in [-0.3, -0.25) is 14.5 Å². The summed E-state index contributed by atoms with van der Waals surface area (Å²) in [7, 11) is 3.37. The van der Waals surface area contributed by atoms with Gasteiger partial charge in [-0.15, -0.1) is 24.0 Å². The van der Waals surface area contributed by atoms with E-state index in [4.69, 9.17) is 0 Å². The molecule has 0 unspecified atom stereocenters. The van der Waals surface area contributed by atoms with Gasteiger partial charge in [0, 0.05) is 39.4 Å². The van der Waals surface area contributed by atoms with E-state index >= 15 is 0 Å². The van der Waals surface area contributed by atoms with Crippen LogP contribution in [0.1, 0.15) is 31.7 Å². The third kappa shape index (κ3) is 7.06. The van der Waals surface area contributed by atoms with Gasteiger partial charge in [0.05, 0.1) is 11.1 Å². The highest BCUT2D eigenvalue weighted by molar-refractivity contribution is 14.0. The first-order valence-corrected chi connectivity index (χ1v) is 7.98. The lowest BCUT2D eigenvalue weighted by atomic mass is 9.92. The summed E-state index contributed by atoms with van der Waals surface area (Å²) in [5.74, 6) is 0.709. The molecule has 7 nitrogen and oxygen atoms in total. The Morgan fingerprint density at radius 1 is 1.33 bits per heavy atom. The van der Waals surface area contributed by atoms with Crippen molar-refractivity contribution >= 4 is 35.8 Å². The molecule has 0 saturated carbocycles. The average Bonchev–Trinajstić information content (AvgIpc) is 2.83. The molecule has 138 valence electrons. The lowest BCUT2D eigenvalue weighted by Gasteiger charge is -2.24. The second-order valence-corrected chi connectivity index (χ2v) is 6.32. The van der Waals surface area contributed by atoms with Crippen molar-refractivity contribution in [2.24, 2.45) is 10.4 Å². The molecule has 1 heterocycles. The number of hydrogen-bond acceptors (Lipinski definition) is 3. The number of halogens is 1. The Morgan fingerprint density at radius 2 is 2.00 bits per heavy atom. The maximum absolute atomic E-state index is 11.8. The normalized spacial score (nSPS) is 11.7. The molecule has 0 atom stereocenters. The van der Waals surface area contributed by atoms with Crippen LogP contribution in [0.4, 0.5) is 0 Å². The van der Waals surface area contributed by atoms with E-state index in [0.29, 0.717) is 12.5 Å².